The summed E-state index contributed by atoms with van der Waals surface area (Å²) in [6, 6.07) is 10.7. The topological polar surface area (TPSA) is 140 Å². The zero-order valence-corrected chi connectivity index (χ0v) is 28.7. The predicted octanol–water partition coefficient (Wildman–Crippen LogP) is 5.56. The first-order valence-corrected chi connectivity index (χ1v) is 17.3. The number of carbonyl (C=O) groups is 3. The van der Waals surface area contributed by atoms with Crippen molar-refractivity contribution in [2.45, 2.75) is 55.1 Å². The molecule has 0 bridgehead atoms. The van der Waals surface area contributed by atoms with E-state index in [2.05, 4.69) is 20.2 Å². The average molecular weight is 693 g/mol. The third kappa shape index (κ3) is 5.85. The number of amides is 1. The van der Waals surface area contributed by atoms with Gasteiger partial charge in [0, 0.05) is 72.7 Å². The highest BCUT2D eigenvalue weighted by molar-refractivity contribution is 7.98. The lowest BCUT2D eigenvalue weighted by atomic mass is 9.69. The van der Waals surface area contributed by atoms with Crippen LogP contribution in [-0.2, 0) is 9.59 Å². The van der Waals surface area contributed by atoms with Gasteiger partial charge in [-0.05, 0) is 42.9 Å². The van der Waals surface area contributed by atoms with Crippen LogP contribution >= 0.6 is 23.4 Å². The number of aliphatic hydroxyl groups excluding tert-OH is 1. The van der Waals surface area contributed by atoms with Crippen molar-refractivity contribution in [3.05, 3.63) is 76.3 Å². The predicted molar refractivity (Wildman–Crippen MR) is 182 cm³/mol. The number of ketones is 2. The van der Waals surface area contributed by atoms with E-state index in [-0.39, 0.29) is 64.0 Å². The molecule has 2 N–H and O–H groups in total. The van der Waals surface area contributed by atoms with E-state index >= 15 is 0 Å². The number of allylic oxidation sites excluding steroid dienone is 1. The maximum atomic E-state index is 14.3. The molecular formula is C35H37ClN4O7S. The lowest BCUT2D eigenvalue weighted by Crippen LogP contribution is -2.53. The third-order valence-electron chi connectivity index (χ3n) is 9.46. The number of piperidine rings is 1. The molecule has 1 amide bonds. The molecule has 48 heavy (non-hydrogen) atoms. The van der Waals surface area contributed by atoms with Crippen molar-refractivity contribution >= 4 is 46.8 Å². The molecule has 2 aliphatic heterocycles. The van der Waals surface area contributed by atoms with Gasteiger partial charge >= 0.3 is 0 Å². The number of nitrogens with one attached hydrogen (secondary N) is 1. The number of aliphatic hydroxyl groups is 1. The van der Waals surface area contributed by atoms with Crippen molar-refractivity contribution in [2.24, 2.45) is 5.92 Å². The van der Waals surface area contributed by atoms with Crippen LogP contribution < -0.4 is 24.4 Å². The van der Waals surface area contributed by atoms with Crippen LogP contribution in [0, 0.1) is 5.92 Å². The molecular weight excluding hydrogens is 656 g/mol. The van der Waals surface area contributed by atoms with E-state index in [0.29, 0.717) is 37.4 Å². The van der Waals surface area contributed by atoms with Crippen LogP contribution in [0.2, 0.25) is 5.02 Å². The summed E-state index contributed by atoms with van der Waals surface area (Å²) in [7, 11) is 2.83. The Balaban J connectivity index is 1.34. The van der Waals surface area contributed by atoms with Crippen molar-refractivity contribution < 1.29 is 33.7 Å². The fourth-order valence-electron chi connectivity index (χ4n) is 6.91. The fraction of sp³-hybridized carbons (Fsp3) is 0.400. The normalized spacial score (nSPS) is 21.6. The second kappa shape index (κ2) is 13.7. The molecule has 1 aliphatic carbocycles. The van der Waals surface area contributed by atoms with E-state index in [1.807, 2.05) is 30.5 Å². The van der Waals surface area contributed by atoms with Gasteiger partial charge in [0.25, 0.3) is 0 Å². The van der Waals surface area contributed by atoms with E-state index in [1.165, 1.54) is 20.3 Å². The van der Waals surface area contributed by atoms with Gasteiger partial charge in [0.05, 0.1) is 14.2 Å². The summed E-state index contributed by atoms with van der Waals surface area (Å²) in [6.45, 7) is 3.03. The number of anilines is 1. The van der Waals surface area contributed by atoms with Gasteiger partial charge in [-0.1, -0.05) is 30.7 Å². The van der Waals surface area contributed by atoms with Gasteiger partial charge in [0.2, 0.25) is 23.2 Å². The summed E-state index contributed by atoms with van der Waals surface area (Å²) in [6.07, 6.45) is 6.51. The molecule has 3 heterocycles. The first-order valence-electron chi connectivity index (χ1n) is 15.7. The summed E-state index contributed by atoms with van der Waals surface area (Å²) < 4.78 is 17.2. The van der Waals surface area contributed by atoms with Crippen LogP contribution in [0.1, 0.15) is 54.4 Å². The molecule has 1 fully saturated rings. The Bertz CT molecular complexity index is 1760. The van der Waals surface area contributed by atoms with Crippen LogP contribution in [0.15, 0.2) is 65.0 Å². The first kappa shape index (κ1) is 33.6. The van der Waals surface area contributed by atoms with Crippen molar-refractivity contribution in [3.8, 4) is 17.2 Å². The van der Waals surface area contributed by atoms with Gasteiger partial charge in [0.15, 0.2) is 17.3 Å². The van der Waals surface area contributed by atoms with E-state index in [0.717, 1.165) is 4.90 Å². The smallest absolute Gasteiger partial charge is 0.231 e. The molecule has 1 aromatic heterocycles. The molecule has 3 aliphatic rings. The van der Waals surface area contributed by atoms with Crippen LogP contribution in [0.25, 0.3) is 0 Å². The molecule has 252 valence electrons. The van der Waals surface area contributed by atoms with Crippen LogP contribution in [-0.4, -0.2) is 77.8 Å². The number of Topliss-reactive ketones (excluding diaryl/α,β-unsaturated/α-hetero) is 2. The minimum atomic E-state index is -1.95. The highest BCUT2D eigenvalue weighted by Gasteiger charge is 2.61. The van der Waals surface area contributed by atoms with E-state index < -0.39 is 29.0 Å². The van der Waals surface area contributed by atoms with E-state index in [1.54, 1.807) is 37.1 Å². The summed E-state index contributed by atoms with van der Waals surface area (Å²) >= 11 is 8.17. The molecule has 2 aromatic carbocycles. The van der Waals surface area contributed by atoms with Crippen molar-refractivity contribution in [1.82, 2.24) is 15.3 Å². The highest BCUT2D eigenvalue weighted by atomic mass is 35.5. The zero-order valence-electron chi connectivity index (χ0n) is 27.1. The lowest BCUT2D eigenvalue weighted by molar-refractivity contribution is -0.122. The van der Waals surface area contributed by atoms with Crippen molar-refractivity contribution in [2.75, 3.05) is 38.5 Å². The number of hydrogen-bond donors (Lipinski definition) is 2. The number of hydrogen-bond acceptors (Lipinski definition) is 11. The lowest BCUT2D eigenvalue weighted by Gasteiger charge is -2.39. The van der Waals surface area contributed by atoms with Gasteiger partial charge in [-0.25, -0.2) is 9.97 Å². The number of thioether (sulfide) groups is 1. The number of nitrogens with zero attached hydrogens (tertiary/aromatic N) is 3. The number of benzene rings is 2. The Morgan fingerprint density at radius 1 is 1.15 bits per heavy atom. The quantitative estimate of drug-likeness (QED) is 0.272. The minimum absolute atomic E-state index is 0.0100. The largest absolute Gasteiger partial charge is 0.507 e. The number of fused-ring (bicyclic) bond motifs is 1. The number of aromatic nitrogens is 2. The van der Waals surface area contributed by atoms with Crippen LogP contribution in [0.5, 0.6) is 17.2 Å². The average Bonchev–Trinajstić information content (AvgIpc) is 3.42. The molecule has 3 aromatic rings. The van der Waals surface area contributed by atoms with Gasteiger partial charge < -0.3 is 29.5 Å². The molecule has 0 saturated carbocycles. The maximum Gasteiger partial charge on any atom is 0.231 e. The number of ether oxygens (including phenoxy) is 3. The number of rotatable bonds is 9. The molecule has 3 atom stereocenters. The molecule has 11 nitrogen and oxygen atoms in total. The Labute approximate surface area is 288 Å². The first-order chi connectivity index (χ1) is 23.1. The second-order valence-electron chi connectivity index (χ2n) is 12.2. The molecule has 0 radical (unpaired) electrons. The molecule has 13 heteroatoms. The van der Waals surface area contributed by atoms with E-state index in [4.69, 9.17) is 25.8 Å². The summed E-state index contributed by atoms with van der Waals surface area (Å²) in [4.78, 5) is 53.7. The number of carbonyl (C=O) groups excluding carboxylic acids is 3. The zero-order chi connectivity index (χ0) is 34.2. The van der Waals surface area contributed by atoms with Crippen LogP contribution in [0.3, 0.4) is 0 Å². The van der Waals surface area contributed by atoms with Crippen LogP contribution in [0.4, 0.5) is 5.95 Å². The number of methoxy groups -OCH3 is 2. The SMILES string of the molecule is COc1cc(OC)c2c(c1Cl)O[C@]1(C2=O)C(O)=C(C(CC(=O)NC2CCN(c3ncccn3)CC2)c2ccc(SC)cc2)C(=O)C[C@H]1C. The molecule has 1 unspecified atom stereocenters. The molecule has 1 saturated heterocycles. The van der Waals surface area contributed by atoms with Gasteiger partial charge in [-0.3, -0.25) is 14.4 Å². The highest BCUT2D eigenvalue weighted by Crippen LogP contribution is 2.55. The van der Waals surface area contributed by atoms with Gasteiger partial charge in [-0.2, -0.15) is 0 Å². The third-order valence-corrected chi connectivity index (χ3v) is 10.6. The summed E-state index contributed by atoms with van der Waals surface area (Å²) in [5, 5.41) is 15.3. The van der Waals surface area contributed by atoms with Crippen molar-refractivity contribution in [3.63, 3.8) is 0 Å². The Morgan fingerprint density at radius 2 is 1.81 bits per heavy atom. The number of halogens is 1. The van der Waals surface area contributed by atoms with Gasteiger partial charge in [-0.15, -0.1) is 11.8 Å². The van der Waals surface area contributed by atoms with E-state index in [9.17, 15) is 19.5 Å². The summed E-state index contributed by atoms with van der Waals surface area (Å²) in [5.74, 6) is -2.30. The second-order valence-corrected chi connectivity index (χ2v) is 13.4. The standard InChI is InChI=1S/C35H37ClN4O7S/c1-19-16-24(41)28(32(43)35(19)33(44)29-25(45-2)18-26(46-3)30(36)31(29)47-35)23(20-6-8-22(48-4)9-7-20)17-27(42)39-21-10-14-40(15-11-21)34-37-12-5-13-38-34/h5-9,12-13,18-19,21,23,43H,10-11,14-17H2,1-4H3,(H,39,42)/t19-,23?,35+/m1/s1. The van der Waals surface area contributed by atoms with Gasteiger partial charge in [0.1, 0.15) is 22.1 Å². The monoisotopic (exact) mass is 692 g/mol. The minimum Gasteiger partial charge on any atom is -0.507 e. The Morgan fingerprint density at radius 3 is 2.44 bits per heavy atom. The fourth-order valence-corrected chi connectivity index (χ4v) is 7.58. The Hall–Kier alpha value is -4.29. The molecule has 6 rings (SSSR count). The maximum absolute atomic E-state index is 14.3. The summed E-state index contributed by atoms with van der Waals surface area (Å²) in [5.41, 5.74) is -1.27. The molecule has 1 spiro atoms. The Kier molecular flexibility index (Phi) is 9.57. The van der Waals surface area contributed by atoms with Crippen molar-refractivity contribution in [1.29, 1.82) is 0 Å².